The number of amides is 1. The predicted molar refractivity (Wildman–Crippen MR) is 81.1 cm³/mol. The molecule has 106 valence electrons. The number of benzene rings is 1. The van der Waals surface area contributed by atoms with E-state index in [-0.39, 0.29) is 5.91 Å². The van der Waals surface area contributed by atoms with E-state index in [1.807, 2.05) is 18.2 Å². The molecule has 1 amide bonds. The minimum atomic E-state index is 0.0512. The molecule has 0 spiro atoms. The summed E-state index contributed by atoms with van der Waals surface area (Å²) < 4.78 is 0. The highest BCUT2D eigenvalue weighted by atomic mass is 16.1. The monoisotopic (exact) mass is 279 g/mol. The maximum atomic E-state index is 12.4. The fraction of sp³-hybridized carbons (Fsp3) is 0.294. The third-order valence-corrected chi connectivity index (χ3v) is 4.58. The Bertz CT molecular complexity index is 684. The van der Waals surface area contributed by atoms with Gasteiger partial charge in [-0.05, 0) is 40.8 Å². The van der Waals surface area contributed by atoms with Crippen LogP contribution in [0.1, 0.15) is 21.8 Å². The van der Waals surface area contributed by atoms with Crippen LogP contribution in [0.5, 0.6) is 0 Å². The number of carbonyl (C=O) groups is 1. The van der Waals surface area contributed by atoms with Crippen LogP contribution in [-0.2, 0) is 0 Å². The lowest BCUT2D eigenvalue weighted by Crippen LogP contribution is -2.28. The molecule has 1 unspecified atom stereocenters. The van der Waals surface area contributed by atoms with Gasteiger partial charge in [-0.3, -0.25) is 9.78 Å². The van der Waals surface area contributed by atoms with E-state index in [4.69, 9.17) is 0 Å². The van der Waals surface area contributed by atoms with Crippen molar-refractivity contribution in [2.24, 2.45) is 5.92 Å². The van der Waals surface area contributed by atoms with Crippen molar-refractivity contribution in [1.82, 2.24) is 15.6 Å². The zero-order valence-corrected chi connectivity index (χ0v) is 11.7. The van der Waals surface area contributed by atoms with Gasteiger partial charge in [0, 0.05) is 43.5 Å². The molecular formula is C17H17N3O. The van der Waals surface area contributed by atoms with Crippen molar-refractivity contribution in [3.63, 3.8) is 0 Å². The largest absolute Gasteiger partial charge is 0.352 e. The lowest BCUT2D eigenvalue weighted by molar-refractivity contribution is 0.0952. The molecule has 0 bridgehead atoms. The van der Waals surface area contributed by atoms with Crippen LogP contribution in [0.15, 0.2) is 42.7 Å². The summed E-state index contributed by atoms with van der Waals surface area (Å²) in [6.07, 6.45) is 3.55. The first-order valence-electron chi connectivity index (χ1n) is 7.36. The topological polar surface area (TPSA) is 54.0 Å². The van der Waals surface area contributed by atoms with Crippen molar-refractivity contribution >= 4 is 5.91 Å². The summed E-state index contributed by atoms with van der Waals surface area (Å²) in [5.74, 6) is 0.989. The van der Waals surface area contributed by atoms with Crippen molar-refractivity contribution in [3.8, 4) is 11.1 Å². The fourth-order valence-corrected chi connectivity index (χ4v) is 3.43. The summed E-state index contributed by atoms with van der Waals surface area (Å²) in [4.78, 5) is 16.4. The fourth-order valence-electron chi connectivity index (χ4n) is 3.43. The average molecular weight is 279 g/mol. The summed E-state index contributed by atoms with van der Waals surface area (Å²) in [6, 6.07) is 10.2. The average Bonchev–Trinajstić information content (AvgIpc) is 2.96. The van der Waals surface area contributed by atoms with Crippen LogP contribution in [0.2, 0.25) is 0 Å². The van der Waals surface area contributed by atoms with Gasteiger partial charge in [0.25, 0.3) is 5.91 Å². The number of nitrogens with zero attached hydrogens (tertiary/aromatic N) is 1. The number of aromatic nitrogens is 1. The number of pyridine rings is 1. The number of hydrogen-bond donors (Lipinski definition) is 2. The summed E-state index contributed by atoms with van der Waals surface area (Å²) in [6.45, 7) is 2.70. The molecule has 0 aliphatic carbocycles. The van der Waals surface area contributed by atoms with Crippen LogP contribution < -0.4 is 10.6 Å². The summed E-state index contributed by atoms with van der Waals surface area (Å²) in [5.41, 5.74) is 4.15. The molecule has 0 radical (unpaired) electrons. The van der Waals surface area contributed by atoms with Gasteiger partial charge in [0.15, 0.2) is 0 Å². The Morgan fingerprint density at radius 1 is 1.00 bits per heavy atom. The quantitative estimate of drug-likeness (QED) is 0.837. The maximum absolute atomic E-state index is 12.4. The van der Waals surface area contributed by atoms with Crippen molar-refractivity contribution < 1.29 is 4.79 Å². The van der Waals surface area contributed by atoms with Gasteiger partial charge in [-0.25, -0.2) is 0 Å². The number of carbonyl (C=O) groups excluding carboxylic acids is 1. The summed E-state index contributed by atoms with van der Waals surface area (Å²) in [5, 5.41) is 6.49. The van der Waals surface area contributed by atoms with Crippen molar-refractivity contribution in [3.05, 3.63) is 53.9 Å². The minimum absolute atomic E-state index is 0.0512. The second kappa shape index (κ2) is 4.97. The maximum Gasteiger partial charge on any atom is 0.251 e. The minimum Gasteiger partial charge on any atom is -0.352 e. The van der Waals surface area contributed by atoms with E-state index in [1.54, 1.807) is 12.4 Å². The standard InChI is InChI=1S/C17H17N3O/c21-17-15-7-12(11-3-5-18-6-4-11)1-2-14(15)16-10-19-8-13(16)9-20-17/h1-7,13,16,19H,8-10H2,(H,20,21)/t13-,16?/m0/s1. The molecule has 4 rings (SSSR count). The van der Waals surface area contributed by atoms with E-state index in [9.17, 15) is 4.79 Å². The lowest BCUT2D eigenvalue weighted by atomic mass is 9.86. The molecule has 4 heteroatoms. The van der Waals surface area contributed by atoms with Gasteiger partial charge in [-0.1, -0.05) is 12.1 Å². The second-order valence-corrected chi connectivity index (χ2v) is 5.77. The molecule has 21 heavy (non-hydrogen) atoms. The molecule has 1 aromatic carbocycles. The Kier molecular flexibility index (Phi) is 2.97. The van der Waals surface area contributed by atoms with Crippen LogP contribution in [-0.4, -0.2) is 30.5 Å². The van der Waals surface area contributed by atoms with Crippen molar-refractivity contribution in [2.75, 3.05) is 19.6 Å². The SMILES string of the molecule is O=C1NC[C@@H]2CNCC2c2ccc(-c3ccncc3)cc21. The second-order valence-electron chi connectivity index (χ2n) is 5.77. The molecule has 2 N–H and O–H groups in total. The van der Waals surface area contributed by atoms with Crippen LogP contribution >= 0.6 is 0 Å². The van der Waals surface area contributed by atoms with Gasteiger partial charge < -0.3 is 10.6 Å². The highest BCUT2D eigenvalue weighted by molar-refractivity contribution is 5.97. The Hall–Kier alpha value is -2.20. The van der Waals surface area contributed by atoms with E-state index in [2.05, 4.69) is 27.8 Å². The smallest absolute Gasteiger partial charge is 0.251 e. The first kappa shape index (κ1) is 12.5. The highest BCUT2D eigenvalue weighted by Crippen LogP contribution is 2.34. The molecule has 1 aromatic heterocycles. The van der Waals surface area contributed by atoms with Gasteiger partial charge in [-0.2, -0.15) is 0 Å². The first-order valence-corrected chi connectivity index (χ1v) is 7.36. The third-order valence-electron chi connectivity index (χ3n) is 4.58. The zero-order valence-electron chi connectivity index (χ0n) is 11.7. The molecule has 2 atom stereocenters. The Labute approximate surface area is 123 Å². The van der Waals surface area contributed by atoms with E-state index in [1.165, 1.54) is 5.56 Å². The zero-order chi connectivity index (χ0) is 14.2. The van der Waals surface area contributed by atoms with Gasteiger partial charge in [0.2, 0.25) is 0 Å². The van der Waals surface area contributed by atoms with Crippen LogP contribution in [0, 0.1) is 5.92 Å². The number of fused-ring (bicyclic) bond motifs is 3. The molecule has 0 saturated carbocycles. The highest BCUT2D eigenvalue weighted by Gasteiger charge is 2.34. The normalized spacial score (nSPS) is 23.9. The number of hydrogen-bond acceptors (Lipinski definition) is 3. The summed E-state index contributed by atoms with van der Waals surface area (Å²) >= 11 is 0. The van der Waals surface area contributed by atoms with Gasteiger partial charge in [-0.15, -0.1) is 0 Å². The molecule has 1 fully saturated rings. The third kappa shape index (κ3) is 2.12. The number of rotatable bonds is 1. The molecule has 2 aromatic rings. The van der Waals surface area contributed by atoms with Crippen LogP contribution in [0.3, 0.4) is 0 Å². The summed E-state index contributed by atoms with van der Waals surface area (Å²) in [7, 11) is 0. The molecule has 4 nitrogen and oxygen atoms in total. The molecular weight excluding hydrogens is 262 g/mol. The molecule has 2 aliphatic rings. The number of nitrogens with one attached hydrogen (secondary N) is 2. The van der Waals surface area contributed by atoms with Gasteiger partial charge >= 0.3 is 0 Å². The van der Waals surface area contributed by atoms with Crippen LogP contribution in [0.4, 0.5) is 0 Å². The van der Waals surface area contributed by atoms with E-state index in [0.717, 1.165) is 36.3 Å². The molecule has 1 saturated heterocycles. The van der Waals surface area contributed by atoms with Crippen LogP contribution in [0.25, 0.3) is 11.1 Å². The predicted octanol–water partition coefficient (Wildman–Crippen LogP) is 1.79. The van der Waals surface area contributed by atoms with E-state index < -0.39 is 0 Å². The van der Waals surface area contributed by atoms with Crippen molar-refractivity contribution in [2.45, 2.75) is 5.92 Å². The van der Waals surface area contributed by atoms with Gasteiger partial charge in [0.05, 0.1) is 0 Å². The Balaban J connectivity index is 1.82. The van der Waals surface area contributed by atoms with Gasteiger partial charge in [0.1, 0.15) is 0 Å². The first-order chi connectivity index (χ1) is 10.3. The van der Waals surface area contributed by atoms with E-state index >= 15 is 0 Å². The van der Waals surface area contributed by atoms with Crippen molar-refractivity contribution in [1.29, 1.82) is 0 Å². The van der Waals surface area contributed by atoms with E-state index in [0.29, 0.717) is 11.8 Å². The Morgan fingerprint density at radius 2 is 1.86 bits per heavy atom. The molecule has 3 heterocycles. The molecule has 2 aliphatic heterocycles. The lowest BCUT2D eigenvalue weighted by Gasteiger charge is -2.16. The Morgan fingerprint density at radius 3 is 2.71 bits per heavy atom.